The molecule has 1 aromatic carbocycles. The van der Waals surface area contributed by atoms with Crippen molar-refractivity contribution in [2.75, 3.05) is 0 Å². The number of rotatable bonds is 5. The summed E-state index contributed by atoms with van der Waals surface area (Å²) in [5.74, 6) is -1.87. The zero-order valence-corrected chi connectivity index (χ0v) is 12.7. The van der Waals surface area contributed by atoms with E-state index >= 15 is 0 Å². The van der Waals surface area contributed by atoms with Gasteiger partial charge in [-0.2, -0.15) is 0 Å². The second-order valence-electron chi connectivity index (χ2n) is 4.40. The van der Waals surface area contributed by atoms with Gasteiger partial charge in [0.15, 0.2) is 0 Å². The molecule has 0 unspecified atom stereocenters. The second kappa shape index (κ2) is 5.84. The Morgan fingerprint density at radius 3 is 2.62 bits per heavy atom. The third kappa shape index (κ3) is 3.60. The Bertz CT molecular complexity index is 780. The molecule has 8 heteroatoms. The third-order valence-electron chi connectivity index (χ3n) is 2.73. The number of benzene rings is 1. The van der Waals surface area contributed by atoms with Gasteiger partial charge < -0.3 is 10.2 Å². The molecule has 0 atom stereocenters. The standard InChI is InChI=1S/C13H13NO5S2/c1-8-4-9(20-7-8)6-14-21(18,19)10-2-3-12(15)11(5-10)13(16)17/h2-5,7,14-15H,6H2,1H3,(H,16,17). The molecule has 6 nitrogen and oxygen atoms in total. The number of phenols is 1. The van der Waals surface area contributed by atoms with Crippen molar-refractivity contribution in [3.63, 3.8) is 0 Å². The van der Waals surface area contributed by atoms with Crippen LogP contribution in [-0.4, -0.2) is 24.6 Å². The smallest absolute Gasteiger partial charge is 0.339 e. The quantitative estimate of drug-likeness (QED) is 0.778. The van der Waals surface area contributed by atoms with Crippen LogP contribution in [0.2, 0.25) is 0 Å². The van der Waals surface area contributed by atoms with Crippen LogP contribution < -0.4 is 4.72 Å². The fourth-order valence-electron chi connectivity index (χ4n) is 1.69. The molecule has 0 saturated carbocycles. The monoisotopic (exact) mass is 327 g/mol. The van der Waals surface area contributed by atoms with Gasteiger partial charge in [-0.25, -0.2) is 17.9 Å². The van der Waals surface area contributed by atoms with Gasteiger partial charge in [0.25, 0.3) is 0 Å². The van der Waals surface area contributed by atoms with Crippen molar-refractivity contribution in [1.29, 1.82) is 0 Å². The molecule has 0 amide bonds. The topological polar surface area (TPSA) is 104 Å². The molecule has 3 N–H and O–H groups in total. The normalized spacial score (nSPS) is 11.5. The van der Waals surface area contributed by atoms with Crippen LogP contribution >= 0.6 is 11.3 Å². The fraction of sp³-hybridized carbons (Fsp3) is 0.154. The van der Waals surface area contributed by atoms with Crippen LogP contribution in [0.1, 0.15) is 20.8 Å². The lowest BCUT2D eigenvalue weighted by Crippen LogP contribution is -2.23. The maximum Gasteiger partial charge on any atom is 0.339 e. The number of hydrogen-bond acceptors (Lipinski definition) is 5. The Morgan fingerprint density at radius 2 is 2.05 bits per heavy atom. The van der Waals surface area contributed by atoms with Gasteiger partial charge in [-0.1, -0.05) is 0 Å². The van der Waals surface area contributed by atoms with E-state index in [1.165, 1.54) is 11.3 Å². The molecule has 2 rings (SSSR count). The highest BCUT2D eigenvalue weighted by Crippen LogP contribution is 2.22. The first-order valence-electron chi connectivity index (χ1n) is 5.89. The van der Waals surface area contributed by atoms with Crippen molar-refractivity contribution in [1.82, 2.24) is 4.72 Å². The first kappa shape index (κ1) is 15.5. The van der Waals surface area contributed by atoms with Crippen LogP contribution in [-0.2, 0) is 16.6 Å². The largest absolute Gasteiger partial charge is 0.507 e. The Hall–Kier alpha value is -1.90. The van der Waals surface area contributed by atoms with Crippen molar-refractivity contribution >= 4 is 27.3 Å². The molecule has 0 aliphatic heterocycles. The summed E-state index contributed by atoms with van der Waals surface area (Å²) < 4.78 is 26.6. The maximum absolute atomic E-state index is 12.1. The minimum atomic E-state index is -3.84. The van der Waals surface area contributed by atoms with Gasteiger partial charge in [0, 0.05) is 11.4 Å². The van der Waals surface area contributed by atoms with Crippen molar-refractivity contribution in [2.24, 2.45) is 0 Å². The number of hydrogen-bond donors (Lipinski definition) is 3. The van der Waals surface area contributed by atoms with Gasteiger partial charge in [-0.15, -0.1) is 11.3 Å². The first-order valence-corrected chi connectivity index (χ1v) is 8.26. The van der Waals surface area contributed by atoms with Gasteiger partial charge in [0.1, 0.15) is 11.3 Å². The number of carboxylic acid groups (broad SMARTS) is 1. The van der Waals surface area contributed by atoms with E-state index in [2.05, 4.69) is 4.72 Å². The molecule has 0 saturated heterocycles. The lowest BCUT2D eigenvalue weighted by molar-refractivity contribution is 0.0693. The number of carbonyl (C=O) groups is 1. The molecule has 0 aliphatic rings. The van der Waals surface area contributed by atoms with Gasteiger partial charge in [-0.3, -0.25) is 0 Å². The van der Waals surface area contributed by atoms with E-state index in [9.17, 15) is 18.3 Å². The molecule has 0 bridgehead atoms. The van der Waals surface area contributed by atoms with E-state index < -0.39 is 27.3 Å². The average molecular weight is 327 g/mol. The number of carboxylic acids is 1. The zero-order chi connectivity index (χ0) is 15.6. The highest BCUT2D eigenvalue weighted by atomic mass is 32.2. The number of aromatic carboxylic acids is 1. The molecule has 112 valence electrons. The summed E-state index contributed by atoms with van der Waals surface area (Å²) in [7, 11) is -3.84. The summed E-state index contributed by atoms with van der Waals surface area (Å²) in [6.45, 7) is 2.04. The molecule has 21 heavy (non-hydrogen) atoms. The Labute approximate surface area is 125 Å². The molecule has 1 aromatic heterocycles. The summed E-state index contributed by atoms with van der Waals surface area (Å²) in [5, 5.41) is 20.2. The molecule has 1 heterocycles. The Kier molecular flexibility index (Phi) is 4.31. The van der Waals surface area contributed by atoms with Crippen LogP contribution in [0.3, 0.4) is 0 Å². The van der Waals surface area contributed by atoms with Gasteiger partial charge in [0.2, 0.25) is 10.0 Å². The molecular formula is C13H13NO5S2. The highest BCUT2D eigenvalue weighted by molar-refractivity contribution is 7.89. The van der Waals surface area contributed by atoms with E-state index in [0.717, 1.165) is 28.6 Å². The summed E-state index contributed by atoms with van der Waals surface area (Å²) >= 11 is 1.43. The zero-order valence-electron chi connectivity index (χ0n) is 11.0. The van der Waals surface area contributed by atoms with Gasteiger partial charge in [-0.05, 0) is 42.1 Å². The van der Waals surface area contributed by atoms with Crippen molar-refractivity contribution in [3.8, 4) is 5.75 Å². The SMILES string of the molecule is Cc1csc(CNS(=O)(=O)c2ccc(O)c(C(=O)O)c2)c1. The highest BCUT2D eigenvalue weighted by Gasteiger charge is 2.18. The van der Waals surface area contributed by atoms with Crippen LogP contribution in [0.4, 0.5) is 0 Å². The number of sulfonamides is 1. The van der Waals surface area contributed by atoms with Crippen LogP contribution in [0.15, 0.2) is 34.5 Å². The summed E-state index contributed by atoms with van der Waals surface area (Å²) in [6.07, 6.45) is 0. The van der Waals surface area contributed by atoms with Crippen molar-refractivity contribution < 1.29 is 23.4 Å². The predicted molar refractivity (Wildman–Crippen MR) is 78.1 cm³/mol. The lowest BCUT2D eigenvalue weighted by Gasteiger charge is -2.07. The number of nitrogens with one attached hydrogen (secondary N) is 1. The van der Waals surface area contributed by atoms with Crippen LogP contribution in [0.25, 0.3) is 0 Å². The van der Waals surface area contributed by atoms with E-state index in [4.69, 9.17) is 5.11 Å². The predicted octanol–water partition coefficient (Wildman–Crippen LogP) is 1.94. The molecule has 0 fully saturated rings. The maximum atomic E-state index is 12.1. The molecule has 0 radical (unpaired) electrons. The molecule has 0 spiro atoms. The molecule has 2 aromatic rings. The van der Waals surface area contributed by atoms with E-state index in [1.54, 1.807) is 0 Å². The van der Waals surface area contributed by atoms with Gasteiger partial charge >= 0.3 is 5.97 Å². The van der Waals surface area contributed by atoms with Crippen molar-refractivity contribution in [3.05, 3.63) is 45.6 Å². The summed E-state index contributed by atoms with van der Waals surface area (Å²) in [4.78, 5) is 11.6. The van der Waals surface area contributed by atoms with E-state index in [1.807, 2.05) is 18.4 Å². The van der Waals surface area contributed by atoms with Crippen LogP contribution in [0, 0.1) is 6.92 Å². The molecular weight excluding hydrogens is 314 g/mol. The number of thiophene rings is 1. The minimum absolute atomic E-state index is 0.129. The van der Waals surface area contributed by atoms with E-state index in [0.29, 0.717) is 0 Å². The third-order valence-corrected chi connectivity index (χ3v) is 5.18. The number of aromatic hydroxyl groups is 1. The van der Waals surface area contributed by atoms with Crippen molar-refractivity contribution in [2.45, 2.75) is 18.4 Å². The first-order chi connectivity index (χ1) is 9.79. The fourth-order valence-corrected chi connectivity index (χ4v) is 3.62. The Morgan fingerprint density at radius 1 is 1.33 bits per heavy atom. The summed E-state index contributed by atoms with van der Waals surface area (Å²) in [5.41, 5.74) is 0.594. The number of aryl methyl sites for hydroxylation is 1. The Balaban J connectivity index is 2.23. The van der Waals surface area contributed by atoms with Crippen LogP contribution in [0.5, 0.6) is 5.75 Å². The van der Waals surface area contributed by atoms with E-state index in [-0.39, 0.29) is 11.4 Å². The van der Waals surface area contributed by atoms with Gasteiger partial charge in [0.05, 0.1) is 4.90 Å². The summed E-state index contributed by atoms with van der Waals surface area (Å²) in [6, 6.07) is 5.00. The second-order valence-corrected chi connectivity index (χ2v) is 7.16. The lowest BCUT2D eigenvalue weighted by atomic mass is 10.2. The average Bonchev–Trinajstić information content (AvgIpc) is 2.82. The minimum Gasteiger partial charge on any atom is -0.507 e. The molecule has 0 aliphatic carbocycles.